The van der Waals surface area contributed by atoms with Crippen molar-refractivity contribution in [3.8, 4) is 0 Å². The fraction of sp³-hybridized carbons (Fsp3) is 0.235. The molecular formula is C34H30N2O8S. The van der Waals surface area contributed by atoms with Crippen molar-refractivity contribution in [3.05, 3.63) is 142 Å². The van der Waals surface area contributed by atoms with Crippen molar-refractivity contribution in [1.82, 2.24) is 4.90 Å². The van der Waals surface area contributed by atoms with Gasteiger partial charge in [-0.2, -0.15) is 0 Å². The van der Waals surface area contributed by atoms with Gasteiger partial charge in [0.05, 0.1) is 35.9 Å². The molecule has 0 radical (unpaired) electrons. The van der Waals surface area contributed by atoms with Crippen molar-refractivity contribution < 1.29 is 33.8 Å². The van der Waals surface area contributed by atoms with Gasteiger partial charge in [0.2, 0.25) is 0 Å². The second-order valence-corrected chi connectivity index (χ2v) is 11.9. The predicted octanol–water partition coefficient (Wildman–Crippen LogP) is 5.24. The van der Waals surface area contributed by atoms with Gasteiger partial charge in [0.15, 0.2) is 0 Å². The second kappa shape index (κ2) is 13.7. The van der Waals surface area contributed by atoms with E-state index in [-0.39, 0.29) is 36.6 Å². The van der Waals surface area contributed by atoms with E-state index in [1.807, 2.05) is 60.7 Å². The van der Waals surface area contributed by atoms with Crippen LogP contribution in [0.5, 0.6) is 0 Å². The van der Waals surface area contributed by atoms with Crippen molar-refractivity contribution in [3.63, 3.8) is 0 Å². The van der Waals surface area contributed by atoms with Crippen molar-refractivity contribution in [2.45, 2.75) is 47.9 Å². The Balaban J connectivity index is 1.34. The van der Waals surface area contributed by atoms with Gasteiger partial charge in [-0.1, -0.05) is 84.6 Å². The SMILES string of the molecule is O=C1c2ccccc2C(=O)N1[C@@H]1[C@@H](OCc2ccccc2)[C@H](O)[C@@H](COCc2ccccc2)O[C@H]1Sc1ccc([N+](=O)[O-])cc1. The Labute approximate surface area is 263 Å². The quantitative estimate of drug-likeness (QED) is 0.135. The molecule has 2 heterocycles. The summed E-state index contributed by atoms with van der Waals surface area (Å²) in [5.41, 5.74) is 1.31. The van der Waals surface area contributed by atoms with Crippen molar-refractivity contribution in [2.75, 3.05) is 6.61 Å². The summed E-state index contributed by atoms with van der Waals surface area (Å²) >= 11 is 1.19. The van der Waals surface area contributed by atoms with Crippen molar-refractivity contribution in [1.29, 1.82) is 0 Å². The van der Waals surface area contributed by atoms with Crippen LogP contribution in [0.25, 0.3) is 0 Å². The number of amides is 2. The summed E-state index contributed by atoms with van der Waals surface area (Å²) in [6.07, 6.45) is -3.20. The van der Waals surface area contributed by atoms with E-state index in [4.69, 9.17) is 14.2 Å². The Bertz CT molecular complexity index is 1620. The highest BCUT2D eigenvalue weighted by molar-refractivity contribution is 7.99. The molecule has 10 nitrogen and oxygen atoms in total. The lowest BCUT2D eigenvalue weighted by Crippen LogP contribution is -2.65. The van der Waals surface area contributed by atoms with Crippen LogP contribution in [0.3, 0.4) is 0 Å². The van der Waals surface area contributed by atoms with Crippen LogP contribution >= 0.6 is 11.8 Å². The average Bonchev–Trinajstić information content (AvgIpc) is 3.31. The van der Waals surface area contributed by atoms with E-state index in [1.165, 1.54) is 23.9 Å². The van der Waals surface area contributed by atoms with Crippen LogP contribution in [0.15, 0.2) is 114 Å². The number of aliphatic hydroxyl groups excluding tert-OH is 1. The Hall–Kier alpha value is -4.39. The van der Waals surface area contributed by atoms with Gasteiger partial charge < -0.3 is 19.3 Å². The maximum Gasteiger partial charge on any atom is 0.269 e. The number of nitro benzene ring substituents is 1. The molecule has 11 heteroatoms. The Morgan fingerprint density at radius 2 is 1.36 bits per heavy atom. The summed E-state index contributed by atoms with van der Waals surface area (Å²) in [4.78, 5) is 40.0. The van der Waals surface area contributed by atoms with Gasteiger partial charge in [-0.05, 0) is 35.4 Å². The number of carbonyl (C=O) groups excluding carboxylic acids is 2. The van der Waals surface area contributed by atoms with E-state index < -0.39 is 46.5 Å². The molecule has 45 heavy (non-hydrogen) atoms. The Kier molecular flexibility index (Phi) is 9.34. The first kappa shape index (κ1) is 30.6. The van der Waals surface area contributed by atoms with Crippen LogP contribution in [0, 0.1) is 10.1 Å². The van der Waals surface area contributed by atoms with Crippen LogP contribution in [0.2, 0.25) is 0 Å². The Morgan fingerprint density at radius 1 is 0.800 bits per heavy atom. The van der Waals surface area contributed by atoms with Gasteiger partial charge in [0, 0.05) is 17.0 Å². The third kappa shape index (κ3) is 6.68. The standard InChI is InChI=1S/C34H30N2O8S/c37-30-28(21-42-19-22-9-3-1-4-10-22)44-34(45-25-17-15-24(16-18-25)36(40)41)29(31(30)43-20-23-11-5-2-6-12-23)35-32(38)26-13-7-8-14-27(26)33(35)39/h1-18,28-31,34,37H,19-21H2/t28-,29-,30-,31-,34+/m1/s1. The molecule has 230 valence electrons. The Morgan fingerprint density at radius 3 is 1.93 bits per heavy atom. The molecule has 0 aromatic heterocycles. The summed E-state index contributed by atoms with van der Waals surface area (Å²) in [5.74, 6) is -1.03. The molecule has 0 spiro atoms. The number of non-ortho nitro benzene ring substituents is 1. The molecule has 1 fully saturated rings. The molecule has 1 saturated heterocycles. The number of hydrogen-bond donors (Lipinski definition) is 1. The molecule has 4 aromatic rings. The summed E-state index contributed by atoms with van der Waals surface area (Å²) in [6.45, 7) is 0.396. The summed E-state index contributed by atoms with van der Waals surface area (Å²) in [5, 5.41) is 23.0. The number of imide groups is 1. The van der Waals surface area contributed by atoms with E-state index in [2.05, 4.69) is 0 Å². The maximum absolute atomic E-state index is 13.8. The summed E-state index contributed by atoms with van der Waals surface area (Å²) in [7, 11) is 0. The molecule has 2 aliphatic rings. The minimum atomic E-state index is -1.27. The number of carbonyl (C=O) groups is 2. The van der Waals surface area contributed by atoms with Crippen LogP contribution in [0.4, 0.5) is 5.69 Å². The fourth-order valence-corrected chi connectivity index (χ4v) is 6.67. The lowest BCUT2D eigenvalue weighted by Gasteiger charge is -2.47. The third-order valence-electron chi connectivity index (χ3n) is 7.74. The van der Waals surface area contributed by atoms with E-state index in [0.29, 0.717) is 4.90 Å². The highest BCUT2D eigenvalue weighted by Crippen LogP contribution is 2.40. The number of ether oxygens (including phenoxy) is 3. The lowest BCUT2D eigenvalue weighted by atomic mass is 9.96. The van der Waals surface area contributed by atoms with Gasteiger partial charge in [-0.15, -0.1) is 0 Å². The third-order valence-corrected chi connectivity index (χ3v) is 8.91. The van der Waals surface area contributed by atoms with Crippen molar-refractivity contribution >= 4 is 29.3 Å². The van der Waals surface area contributed by atoms with Crippen molar-refractivity contribution in [2.24, 2.45) is 0 Å². The van der Waals surface area contributed by atoms with E-state index in [1.54, 1.807) is 36.4 Å². The van der Waals surface area contributed by atoms with Gasteiger partial charge in [-0.3, -0.25) is 24.6 Å². The summed E-state index contributed by atoms with van der Waals surface area (Å²) < 4.78 is 18.8. The first-order chi connectivity index (χ1) is 21.9. The molecule has 6 rings (SSSR count). The molecule has 2 aliphatic heterocycles. The maximum atomic E-state index is 13.8. The number of benzene rings is 4. The number of nitro groups is 1. The number of hydrogen-bond acceptors (Lipinski definition) is 9. The topological polar surface area (TPSA) is 128 Å². The van der Waals surface area contributed by atoms with Gasteiger partial charge in [0.25, 0.3) is 17.5 Å². The molecule has 4 aromatic carbocycles. The molecule has 2 amide bonds. The zero-order chi connectivity index (χ0) is 31.3. The van der Waals surface area contributed by atoms with E-state index >= 15 is 0 Å². The number of thioether (sulfide) groups is 1. The number of nitrogens with zero attached hydrogens (tertiary/aromatic N) is 2. The van der Waals surface area contributed by atoms with E-state index in [9.17, 15) is 24.8 Å². The molecule has 1 N–H and O–H groups in total. The second-order valence-electron chi connectivity index (χ2n) is 10.7. The fourth-order valence-electron chi connectivity index (χ4n) is 5.50. The molecule has 0 unspecified atom stereocenters. The zero-order valence-electron chi connectivity index (χ0n) is 24.0. The van der Waals surface area contributed by atoms with E-state index in [0.717, 1.165) is 16.0 Å². The van der Waals surface area contributed by atoms with Gasteiger partial charge in [-0.25, -0.2) is 0 Å². The smallest absolute Gasteiger partial charge is 0.269 e. The largest absolute Gasteiger partial charge is 0.388 e. The number of rotatable bonds is 11. The van der Waals surface area contributed by atoms with Crippen LogP contribution < -0.4 is 0 Å². The zero-order valence-corrected chi connectivity index (χ0v) is 24.8. The monoisotopic (exact) mass is 626 g/mol. The van der Waals surface area contributed by atoms with Gasteiger partial charge in [0.1, 0.15) is 29.8 Å². The van der Waals surface area contributed by atoms with Crippen LogP contribution in [0.1, 0.15) is 31.8 Å². The minimum absolute atomic E-state index is 0.00736. The normalized spacial score (nSPS) is 22.8. The molecule has 0 bridgehead atoms. The number of aliphatic hydroxyl groups is 1. The number of fused-ring (bicyclic) bond motifs is 1. The molecule has 5 atom stereocenters. The molecular weight excluding hydrogens is 596 g/mol. The molecule has 0 saturated carbocycles. The van der Waals surface area contributed by atoms with Crippen LogP contribution in [-0.2, 0) is 27.4 Å². The van der Waals surface area contributed by atoms with Gasteiger partial charge >= 0.3 is 0 Å². The average molecular weight is 627 g/mol. The molecule has 0 aliphatic carbocycles. The highest BCUT2D eigenvalue weighted by Gasteiger charge is 2.54. The summed E-state index contributed by atoms with van der Waals surface area (Å²) in [6, 6.07) is 30.4. The van der Waals surface area contributed by atoms with Crippen LogP contribution in [-0.4, -0.2) is 63.1 Å². The first-order valence-corrected chi connectivity index (χ1v) is 15.3. The highest BCUT2D eigenvalue weighted by atomic mass is 32.2. The predicted molar refractivity (Wildman–Crippen MR) is 165 cm³/mol. The first-order valence-electron chi connectivity index (χ1n) is 14.4. The lowest BCUT2D eigenvalue weighted by molar-refractivity contribution is -0.384. The minimum Gasteiger partial charge on any atom is -0.388 e.